The summed E-state index contributed by atoms with van der Waals surface area (Å²) in [5.74, 6) is 1.42. The molecule has 180 valence electrons. The molecule has 0 saturated heterocycles. The molecule has 0 atom stereocenters. The third-order valence-corrected chi connectivity index (χ3v) is 6.91. The SMILES string of the molecule is COCCN(CC(=O)N(CCc1ccc(OC)c(OC)c1)Cc1sccc1C)C(=O)C1CC1. The predicted octanol–water partition coefficient (Wildman–Crippen LogP) is 3.53. The first-order chi connectivity index (χ1) is 16.0. The maximum atomic E-state index is 13.4. The van der Waals surface area contributed by atoms with Crippen LogP contribution in [0.5, 0.6) is 11.5 Å². The van der Waals surface area contributed by atoms with Crippen LogP contribution in [0.2, 0.25) is 0 Å². The molecule has 0 unspecified atom stereocenters. The zero-order valence-electron chi connectivity index (χ0n) is 20.0. The van der Waals surface area contributed by atoms with Crippen molar-refractivity contribution in [2.45, 2.75) is 32.7 Å². The molecule has 0 N–H and O–H groups in total. The van der Waals surface area contributed by atoms with E-state index in [1.54, 1.807) is 37.6 Å². The van der Waals surface area contributed by atoms with Crippen LogP contribution in [0.15, 0.2) is 29.6 Å². The molecule has 1 fully saturated rings. The van der Waals surface area contributed by atoms with Crippen molar-refractivity contribution in [2.24, 2.45) is 5.92 Å². The van der Waals surface area contributed by atoms with Gasteiger partial charge < -0.3 is 24.0 Å². The molecule has 1 aromatic heterocycles. The molecule has 0 spiro atoms. The highest BCUT2D eigenvalue weighted by atomic mass is 32.1. The summed E-state index contributed by atoms with van der Waals surface area (Å²) < 4.78 is 15.9. The van der Waals surface area contributed by atoms with Crippen LogP contribution >= 0.6 is 11.3 Å². The zero-order chi connectivity index (χ0) is 23.8. The van der Waals surface area contributed by atoms with Gasteiger partial charge in [-0.3, -0.25) is 9.59 Å². The number of methoxy groups -OCH3 is 3. The Balaban J connectivity index is 1.73. The minimum absolute atomic E-state index is 0.0478. The maximum Gasteiger partial charge on any atom is 0.242 e. The quantitative estimate of drug-likeness (QED) is 0.444. The minimum atomic E-state index is -0.0478. The smallest absolute Gasteiger partial charge is 0.242 e. The summed E-state index contributed by atoms with van der Waals surface area (Å²) >= 11 is 1.65. The fourth-order valence-electron chi connectivity index (χ4n) is 3.65. The van der Waals surface area contributed by atoms with Crippen molar-refractivity contribution < 1.29 is 23.8 Å². The van der Waals surface area contributed by atoms with Crippen molar-refractivity contribution >= 4 is 23.2 Å². The van der Waals surface area contributed by atoms with Gasteiger partial charge in [-0.1, -0.05) is 6.07 Å². The summed E-state index contributed by atoms with van der Waals surface area (Å²) in [5, 5.41) is 2.04. The Morgan fingerprint density at radius 3 is 2.39 bits per heavy atom. The van der Waals surface area contributed by atoms with Gasteiger partial charge in [0.05, 0.1) is 33.9 Å². The van der Waals surface area contributed by atoms with Gasteiger partial charge in [-0.15, -0.1) is 11.3 Å². The van der Waals surface area contributed by atoms with Gasteiger partial charge in [-0.05, 0) is 60.9 Å². The molecule has 7 nitrogen and oxygen atoms in total. The highest BCUT2D eigenvalue weighted by Gasteiger charge is 2.34. The molecule has 8 heteroatoms. The number of ether oxygens (including phenoxy) is 3. The van der Waals surface area contributed by atoms with E-state index in [0.29, 0.717) is 44.2 Å². The number of nitrogens with zero attached hydrogens (tertiary/aromatic N) is 2. The number of rotatable bonds is 13. The van der Waals surface area contributed by atoms with Gasteiger partial charge in [0.2, 0.25) is 11.8 Å². The van der Waals surface area contributed by atoms with E-state index in [0.717, 1.165) is 23.3 Å². The van der Waals surface area contributed by atoms with E-state index in [1.807, 2.05) is 28.5 Å². The van der Waals surface area contributed by atoms with Crippen molar-refractivity contribution in [3.63, 3.8) is 0 Å². The monoisotopic (exact) mass is 474 g/mol. The Kier molecular flexibility index (Phi) is 9.14. The first-order valence-electron chi connectivity index (χ1n) is 11.3. The maximum absolute atomic E-state index is 13.4. The number of carbonyl (C=O) groups is 2. The van der Waals surface area contributed by atoms with Crippen LogP contribution in [0.1, 0.15) is 28.8 Å². The Labute approximate surface area is 200 Å². The molecule has 1 aliphatic carbocycles. The molecule has 0 aliphatic heterocycles. The van der Waals surface area contributed by atoms with E-state index in [1.165, 1.54) is 5.56 Å². The number of benzene rings is 1. The lowest BCUT2D eigenvalue weighted by molar-refractivity contribution is -0.142. The summed E-state index contributed by atoms with van der Waals surface area (Å²) in [6.45, 7) is 4.06. The molecule has 33 heavy (non-hydrogen) atoms. The van der Waals surface area contributed by atoms with Gasteiger partial charge in [0.25, 0.3) is 0 Å². The van der Waals surface area contributed by atoms with Gasteiger partial charge >= 0.3 is 0 Å². The van der Waals surface area contributed by atoms with Gasteiger partial charge in [0, 0.05) is 31.0 Å². The van der Waals surface area contributed by atoms with Crippen LogP contribution in [0, 0.1) is 12.8 Å². The molecule has 1 aromatic carbocycles. The van der Waals surface area contributed by atoms with E-state index in [2.05, 4.69) is 13.0 Å². The number of carbonyl (C=O) groups excluding carboxylic acids is 2. The predicted molar refractivity (Wildman–Crippen MR) is 129 cm³/mol. The van der Waals surface area contributed by atoms with Crippen molar-refractivity contribution in [3.05, 3.63) is 45.6 Å². The number of hydrogen-bond acceptors (Lipinski definition) is 6. The van der Waals surface area contributed by atoms with Crippen LogP contribution in [0.4, 0.5) is 0 Å². The van der Waals surface area contributed by atoms with Crippen LogP contribution in [-0.2, 0) is 27.3 Å². The fourth-order valence-corrected chi connectivity index (χ4v) is 4.57. The van der Waals surface area contributed by atoms with Crippen LogP contribution in [0.25, 0.3) is 0 Å². The molecule has 0 bridgehead atoms. The Morgan fingerprint density at radius 1 is 1.03 bits per heavy atom. The van der Waals surface area contributed by atoms with E-state index >= 15 is 0 Å². The van der Waals surface area contributed by atoms with Crippen molar-refractivity contribution in [2.75, 3.05) is 47.6 Å². The Morgan fingerprint density at radius 2 is 1.79 bits per heavy atom. The molecule has 0 radical (unpaired) electrons. The Bertz CT molecular complexity index is 941. The van der Waals surface area contributed by atoms with E-state index in [-0.39, 0.29) is 24.3 Å². The third-order valence-electron chi connectivity index (χ3n) is 5.90. The zero-order valence-corrected chi connectivity index (χ0v) is 20.8. The van der Waals surface area contributed by atoms with Gasteiger partial charge in [-0.2, -0.15) is 0 Å². The summed E-state index contributed by atoms with van der Waals surface area (Å²) in [6.07, 6.45) is 2.49. The number of hydrogen-bond donors (Lipinski definition) is 0. The van der Waals surface area contributed by atoms with Crippen LogP contribution < -0.4 is 9.47 Å². The third kappa shape index (κ3) is 6.95. The lowest BCUT2D eigenvalue weighted by Gasteiger charge is -2.28. The lowest BCUT2D eigenvalue weighted by Crippen LogP contribution is -2.45. The summed E-state index contributed by atoms with van der Waals surface area (Å²) in [6, 6.07) is 7.88. The average Bonchev–Trinajstić information content (AvgIpc) is 3.60. The standard InChI is InChI=1S/C25H34N2O5S/c1-18-10-14-33-23(18)16-26(11-9-19-5-8-21(31-3)22(15-19)32-4)24(28)17-27(12-13-30-2)25(29)20-6-7-20/h5,8,10,14-15,20H,6-7,9,11-13,16-17H2,1-4H3. The Hall–Kier alpha value is -2.58. The molecule has 1 saturated carbocycles. The highest BCUT2D eigenvalue weighted by molar-refractivity contribution is 7.10. The van der Waals surface area contributed by atoms with Crippen LogP contribution in [0.3, 0.4) is 0 Å². The normalized spacial score (nSPS) is 13.0. The number of thiophene rings is 1. The minimum Gasteiger partial charge on any atom is -0.493 e. The molecular formula is C25H34N2O5S. The summed E-state index contributed by atoms with van der Waals surface area (Å²) in [7, 11) is 4.83. The topological polar surface area (TPSA) is 68.3 Å². The second kappa shape index (κ2) is 12.0. The van der Waals surface area contributed by atoms with Crippen molar-refractivity contribution in [1.82, 2.24) is 9.80 Å². The number of aryl methyl sites for hydroxylation is 1. The molecule has 2 amide bonds. The second-order valence-electron chi connectivity index (χ2n) is 8.31. The average molecular weight is 475 g/mol. The van der Waals surface area contributed by atoms with Gasteiger partial charge in [0.15, 0.2) is 11.5 Å². The van der Waals surface area contributed by atoms with E-state index in [9.17, 15) is 9.59 Å². The first-order valence-corrected chi connectivity index (χ1v) is 12.1. The molecule has 1 heterocycles. The van der Waals surface area contributed by atoms with Crippen LogP contribution in [-0.4, -0.2) is 69.2 Å². The molecule has 2 aromatic rings. The molecule has 3 rings (SSSR count). The van der Waals surface area contributed by atoms with Gasteiger partial charge in [0.1, 0.15) is 0 Å². The summed E-state index contributed by atoms with van der Waals surface area (Å²) in [4.78, 5) is 30.8. The number of amides is 2. The fraction of sp³-hybridized carbons (Fsp3) is 0.520. The summed E-state index contributed by atoms with van der Waals surface area (Å²) in [5.41, 5.74) is 2.23. The molecule has 1 aliphatic rings. The first kappa shape index (κ1) is 25.1. The van der Waals surface area contributed by atoms with E-state index in [4.69, 9.17) is 14.2 Å². The second-order valence-corrected chi connectivity index (χ2v) is 9.31. The van der Waals surface area contributed by atoms with Gasteiger partial charge in [-0.25, -0.2) is 0 Å². The van der Waals surface area contributed by atoms with Crippen molar-refractivity contribution in [1.29, 1.82) is 0 Å². The van der Waals surface area contributed by atoms with Crippen molar-refractivity contribution in [3.8, 4) is 11.5 Å². The van der Waals surface area contributed by atoms with E-state index < -0.39 is 0 Å². The molecular weight excluding hydrogens is 440 g/mol. The highest BCUT2D eigenvalue weighted by Crippen LogP contribution is 2.31. The largest absolute Gasteiger partial charge is 0.493 e. The lowest BCUT2D eigenvalue weighted by atomic mass is 10.1.